The predicted octanol–water partition coefficient (Wildman–Crippen LogP) is -0.745. The van der Waals surface area contributed by atoms with Gasteiger partial charge >= 0.3 is 11.7 Å². The van der Waals surface area contributed by atoms with Gasteiger partial charge in [0.15, 0.2) is 0 Å². The number of carboxylic acid groups (broad SMARTS) is 1. The summed E-state index contributed by atoms with van der Waals surface area (Å²) in [6.45, 7) is -0.394. The molecule has 0 aliphatic rings. The number of hydrogen-bond acceptors (Lipinski definition) is 9. The third-order valence-corrected chi connectivity index (χ3v) is 7.31. The quantitative estimate of drug-likeness (QED) is 0.317. The summed E-state index contributed by atoms with van der Waals surface area (Å²) in [5, 5.41) is 17.1. The number of aryl methyl sites for hydroxylation is 1. The number of aromatic nitrogens is 4. The first kappa shape index (κ1) is 24.9. The number of rotatable bonds is 10. The van der Waals surface area contributed by atoms with Gasteiger partial charge in [-0.2, -0.15) is 0 Å². The molecule has 0 aliphatic carbocycles. The second-order valence-electron chi connectivity index (χ2n) is 7.05. The largest absolute Gasteiger partial charge is 0.480 e. The Kier molecular flexibility index (Phi) is 7.70. The highest BCUT2D eigenvalue weighted by Crippen LogP contribution is 2.25. The first-order valence-corrected chi connectivity index (χ1v) is 12.1. The van der Waals surface area contributed by atoms with E-state index in [9.17, 15) is 27.6 Å². The molecule has 3 aromatic rings. The number of sulfonamides is 1. The number of carbonyl (C=O) groups excluding carboxylic acids is 1. The molecule has 3 N–H and O–H groups in total. The van der Waals surface area contributed by atoms with Gasteiger partial charge in [-0.15, -0.1) is 10.2 Å². The number of H-pyrrole nitrogens is 1. The predicted molar refractivity (Wildman–Crippen MR) is 121 cm³/mol. The van der Waals surface area contributed by atoms with Gasteiger partial charge in [-0.25, -0.2) is 17.9 Å². The zero-order chi connectivity index (χ0) is 24.9. The molecule has 0 saturated carbocycles. The molecule has 0 saturated heterocycles. The maximum atomic E-state index is 12.6. The Hall–Kier alpha value is -3.69. The van der Waals surface area contributed by atoms with Crippen molar-refractivity contribution in [2.75, 3.05) is 19.6 Å². The van der Waals surface area contributed by atoms with Crippen LogP contribution in [-0.2, 0) is 26.2 Å². The summed E-state index contributed by atoms with van der Waals surface area (Å²) in [7, 11) is -4.06. The molecule has 3 rings (SSSR count). The third-order valence-electron chi connectivity index (χ3n) is 4.50. The number of nitrogens with one attached hydrogen (secondary N) is 2. The van der Waals surface area contributed by atoms with E-state index in [4.69, 9.17) is 5.11 Å². The Labute approximate surface area is 196 Å². The zero-order valence-corrected chi connectivity index (χ0v) is 19.4. The molecular weight excluding hydrogens is 488 g/mol. The maximum Gasteiger partial charge on any atom is 0.328 e. The molecule has 180 valence electrons. The first-order valence-electron chi connectivity index (χ1n) is 9.75. The molecule has 0 aliphatic heterocycles. The number of aromatic amines is 1. The van der Waals surface area contributed by atoms with Crippen molar-refractivity contribution < 1.29 is 23.1 Å². The van der Waals surface area contributed by atoms with E-state index in [1.54, 1.807) is 24.3 Å². The molecule has 1 amide bonds. The Morgan fingerprint density at radius 1 is 1.21 bits per heavy atom. The number of carbonyl (C=O) groups is 2. The van der Waals surface area contributed by atoms with E-state index in [0.717, 1.165) is 20.8 Å². The lowest BCUT2D eigenvalue weighted by molar-refractivity contribution is -0.144. The van der Waals surface area contributed by atoms with Crippen LogP contribution < -0.4 is 16.0 Å². The van der Waals surface area contributed by atoms with Crippen LogP contribution in [0.15, 0.2) is 50.5 Å². The van der Waals surface area contributed by atoms with E-state index in [1.165, 1.54) is 13.1 Å². The van der Waals surface area contributed by atoms with Gasteiger partial charge in [0.1, 0.15) is 18.1 Å². The summed E-state index contributed by atoms with van der Waals surface area (Å²) >= 11 is 0.860. The van der Waals surface area contributed by atoms with Crippen LogP contribution in [-0.4, -0.2) is 69.7 Å². The Balaban J connectivity index is 1.67. The molecule has 0 radical (unpaired) electrons. The van der Waals surface area contributed by atoms with Crippen LogP contribution in [0, 0.1) is 6.92 Å². The van der Waals surface area contributed by atoms with Gasteiger partial charge < -0.3 is 10.0 Å². The Morgan fingerprint density at radius 2 is 1.91 bits per heavy atom. The number of carboxylic acids is 1. The van der Waals surface area contributed by atoms with Crippen LogP contribution in [0.3, 0.4) is 0 Å². The number of aliphatic carboxylic acids is 1. The topological polar surface area (TPSA) is 184 Å². The number of nitrogens with zero attached hydrogens (tertiary/aromatic N) is 4. The molecule has 0 unspecified atom stereocenters. The van der Waals surface area contributed by atoms with E-state index in [1.807, 2.05) is 11.1 Å². The molecule has 15 heteroatoms. The molecule has 0 fully saturated rings. The van der Waals surface area contributed by atoms with Gasteiger partial charge in [-0.3, -0.25) is 23.9 Å². The molecule has 0 spiro atoms. The van der Waals surface area contributed by atoms with Crippen molar-refractivity contribution in [2.45, 2.75) is 17.8 Å². The summed E-state index contributed by atoms with van der Waals surface area (Å²) in [4.78, 5) is 50.1. The average Bonchev–Trinajstić information content (AvgIpc) is 3.28. The molecule has 1 aromatic carbocycles. The number of benzene rings is 1. The lowest BCUT2D eigenvalue weighted by Crippen LogP contribution is -2.44. The summed E-state index contributed by atoms with van der Waals surface area (Å²) in [6, 6.07) is 8.88. The van der Waals surface area contributed by atoms with Crippen LogP contribution in [0.25, 0.3) is 10.6 Å². The minimum absolute atomic E-state index is 0.192. The van der Waals surface area contributed by atoms with E-state index >= 15 is 0 Å². The van der Waals surface area contributed by atoms with Gasteiger partial charge in [-0.05, 0) is 6.92 Å². The van der Waals surface area contributed by atoms with E-state index < -0.39 is 46.2 Å². The van der Waals surface area contributed by atoms with E-state index in [0.29, 0.717) is 10.6 Å². The number of hydrogen-bond donors (Lipinski definition) is 3. The van der Waals surface area contributed by atoms with Crippen LogP contribution in [0.1, 0.15) is 5.56 Å². The van der Waals surface area contributed by atoms with E-state index in [-0.39, 0.29) is 23.0 Å². The smallest absolute Gasteiger partial charge is 0.328 e. The van der Waals surface area contributed by atoms with Crippen LogP contribution >= 0.6 is 11.3 Å². The van der Waals surface area contributed by atoms with Crippen LogP contribution in [0.5, 0.6) is 0 Å². The summed E-state index contributed by atoms with van der Waals surface area (Å²) < 4.78 is 28.0. The molecule has 13 nitrogen and oxygen atoms in total. The minimum Gasteiger partial charge on any atom is -0.480 e. The molecule has 0 atom stereocenters. The first-order chi connectivity index (χ1) is 16.1. The monoisotopic (exact) mass is 508 g/mol. The highest BCUT2D eigenvalue weighted by Gasteiger charge is 2.23. The van der Waals surface area contributed by atoms with Crippen molar-refractivity contribution >= 4 is 33.2 Å². The molecular formula is C19H20N6O7S2. The standard InChI is InChI=1S/C19H20N6O7S2/c1-12-9-25(18(30)21-16(12)29)10-14(26)24(11-15(27)28)8-7-20-34(31,32)19-23-22-17(33-19)13-5-3-2-4-6-13/h2-6,9,20H,7-8,10-11H2,1H3,(H,27,28)(H,21,29,30). The number of amides is 1. The average molecular weight is 509 g/mol. The van der Waals surface area contributed by atoms with Crippen molar-refractivity contribution in [3.8, 4) is 10.6 Å². The van der Waals surface area contributed by atoms with Crippen LogP contribution in [0.4, 0.5) is 0 Å². The van der Waals surface area contributed by atoms with Gasteiger partial charge in [0.2, 0.25) is 10.2 Å². The third kappa shape index (κ3) is 6.21. The fourth-order valence-corrected chi connectivity index (χ4v) is 4.90. The van der Waals surface area contributed by atoms with Gasteiger partial charge in [0.25, 0.3) is 15.6 Å². The zero-order valence-electron chi connectivity index (χ0n) is 17.8. The fourth-order valence-electron chi connectivity index (χ4n) is 2.83. The highest BCUT2D eigenvalue weighted by molar-refractivity contribution is 7.91. The highest BCUT2D eigenvalue weighted by atomic mass is 32.2. The second kappa shape index (κ2) is 10.5. The molecule has 2 heterocycles. The van der Waals surface area contributed by atoms with Crippen molar-refractivity contribution in [2.24, 2.45) is 0 Å². The maximum absolute atomic E-state index is 12.6. The Bertz CT molecular complexity index is 1410. The second-order valence-corrected chi connectivity index (χ2v) is 9.96. The lowest BCUT2D eigenvalue weighted by atomic mass is 10.2. The summed E-state index contributed by atoms with van der Waals surface area (Å²) in [5.41, 5.74) is -0.535. The van der Waals surface area contributed by atoms with Crippen molar-refractivity contribution in [1.82, 2.24) is 29.4 Å². The molecule has 0 bridgehead atoms. The summed E-state index contributed by atoms with van der Waals surface area (Å²) in [5.74, 6) is -2.07. The SMILES string of the molecule is Cc1cn(CC(=O)N(CCNS(=O)(=O)c2nnc(-c3ccccc3)s2)CC(=O)O)c(=O)[nH]c1=O. The fraction of sp³-hybridized carbons (Fsp3) is 0.263. The lowest BCUT2D eigenvalue weighted by Gasteiger charge is -2.21. The van der Waals surface area contributed by atoms with Gasteiger partial charge in [-0.1, -0.05) is 41.7 Å². The Morgan fingerprint density at radius 3 is 2.59 bits per heavy atom. The molecule has 2 aromatic heterocycles. The van der Waals surface area contributed by atoms with Crippen molar-refractivity contribution in [1.29, 1.82) is 0 Å². The minimum atomic E-state index is -4.06. The van der Waals surface area contributed by atoms with E-state index in [2.05, 4.69) is 14.9 Å². The molecule has 34 heavy (non-hydrogen) atoms. The van der Waals surface area contributed by atoms with Gasteiger partial charge in [0.05, 0.1) is 0 Å². The van der Waals surface area contributed by atoms with Gasteiger partial charge in [0, 0.05) is 30.4 Å². The summed E-state index contributed by atoms with van der Waals surface area (Å²) in [6.07, 6.45) is 1.18. The van der Waals surface area contributed by atoms with Crippen molar-refractivity contribution in [3.63, 3.8) is 0 Å². The normalized spacial score (nSPS) is 11.3. The van der Waals surface area contributed by atoms with Crippen molar-refractivity contribution in [3.05, 3.63) is 62.9 Å². The van der Waals surface area contributed by atoms with Crippen LogP contribution in [0.2, 0.25) is 0 Å².